The number of aliphatic carboxylic acids is 1. The van der Waals surface area contributed by atoms with E-state index in [4.69, 9.17) is 9.84 Å². The maximum absolute atomic E-state index is 11.8. The molecule has 6 nitrogen and oxygen atoms in total. The first-order valence-corrected chi connectivity index (χ1v) is 6.64. The van der Waals surface area contributed by atoms with Crippen LogP contribution in [0.2, 0.25) is 0 Å². The van der Waals surface area contributed by atoms with Crippen LogP contribution in [0.4, 0.5) is 0 Å². The zero-order valence-electron chi connectivity index (χ0n) is 11.9. The molecule has 1 rings (SSSR count). The number of amides is 1. The summed E-state index contributed by atoms with van der Waals surface area (Å²) in [5, 5.41) is 11.8. The Morgan fingerprint density at radius 1 is 1.32 bits per heavy atom. The quantitative estimate of drug-likeness (QED) is 0.754. The monoisotopic (exact) mass is 272 g/mol. The van der Waals surface area contributed by atoms with Gasteiger partial charge >= 0.3 is 5.97 Å². The van der Waals surface area contributed by atoms with Gasteiger partial charge in [0.2, 0.25) is 5.91 Å². The van der Waals surface area contributed by atoms with Crippen molar-refractivity contribution in [2.45, 2.75) is 33.2 Å². The van der Waals surface area contributed by atoms with E-state index >= 15 is 0 Å². The Hall–Kier alpha value is -1.14. The third-order valence-electron chi connectivity index (χ3n) is 3.12. The van der Waals surface area contributed by atoms with E-state index in [1.54, 1.807) is 20.8 Å². The Labute approximate surface area is 114 Å². The minimum Gasteiger partial charge on any atom is -0.480 e. The molecule has 1 fully saturated rings. The van der Waals surface area contributed by atoms with Gasteiger partial charge in [-0.05, 0) is 6.42 Å². The number of carbonyl (C=O) groups is 2. The summed E-state index contributed by atoms with van der Waals surface area (Å²) in [6.45, 7) is 8.97. The summed E-state index contributed by atoms with van der Waals surface area (Å²) in [6, 6.07) is -0.824. The second kappa shape index (κ2) is 6.86. The van der Waals surface area contributed by atoms with Crippen LogP contribution in [-0.2, 0) is 14.3 Å². The molecule has 0 aromatic carbocycles. The molecule has 1 amide bonds. The first kappa shape index (κ1) is 15.9. The maximum atomic E-state index is 11.8. The third-order valence-corrected chi connectivity index (χ3v) is 3.12. The number of carboxylic acid groups (broad SMARTS) is 1. The van der Waals surface area contributed by atoms with Crippen LogP contribution in [0, 0.1) is 5.41 Å². The number of hydrogen-bond acceptors (Lipinski definition) is 4. The molecule has 1 heterocycles. The summed E-state index contributed by atoms with van der Waals surface area (Å²) in [6.07, 6.45) is 0.414. The lowest BCUT2D eigenvalue weighted by Gasteiger charge is -2.28. The number of carboxylic acids is 1. The van der Waals surface area contributed by atoms with Gasteiger partial charge in [-0.3, -0.25) is 9.69 Å². The molecule has 1 saturated heterocycles. The van der Waals surface area contributed by atoms with Crippen LogP contribution in [0.1, 0.15) is 27.2 Å². The van der Waals surface area contributed by atoms with Crippen molar-refractivity contribution in [2.24, 2.45) is 5.41 Å². The highest BCUT2D eigenvalue weighted by Gasteiger charge is 2.27. The number of nitrogens with zero attached hydrogens (tertiary/aromatic N) is 1. The fourth-order valence-electron chi connectivity index (χ4n) is 1.77. The molecule has 0 radical (unpaired) electrons. The minimum atomic E-state index is -0.981. The lowest BCUT2D eigenvalue weighted by atomic mass is 9.95. The number of rotatable bonds is 5. The number of carbonyl (C=O) groups excluding carboxylic acids is 1. The molecular formula is C13H24N2O4. The Balaban J connectivity index is 2.44. The molecule has 0 saturated carbocycles. The number of nitrogens with one attached hydrogen (secondary N) is 1. The topological polar surface area (TPSA) is 78.9 Å². The Kier molecular flexibility index (Phi) is 5.75. The van der Waals surface area contributed by atoms with Gasteiger partial charge in [0.15, 0.2) is 0 Å². The van der Waals surface area contributed by atoms with Crippen LogP contribution >= 0.6 is 0 Å². The van der Waals surface area contributed by atoms with E-state index < -0.39 is 17.4 Å². The number of ether oxygens (including phenoxy) is 1. The SMILES string of the molecule is CC(C)(C)C(=O)NC(CCN1CCOCC1)C(=O)O. The summed E-state index contributed by atoms with van der Waals surface area (Å²) in [7, 11) is 0. The van der Waals surface area contributed by atoms with Gasteiger partial charge in [0.25, 0.3) is 0 Å². The minimum absolute atomic E-state index is 0.234. The highest BCUT2D eigenvalue weighted by molar-refractivity contribution is 5.86. The van der Waals surface area contributed by atoms with Gasteiger partial charge < -0.3 is 15.2 Å². The zero-order valence-corrected chi connectivity index (χ0v) is 11.9. The molecule has 0 aliphatic carbocycles. The van der Waals surface area contributed by atoms with Gasteiger partial charge in [-0.2, -0.15) is 0 Å². The van der Waals surface area contributed by atoms with Crippen molar-refractivity contribution in [2.75, 3.05) is 32.8 Å². The Bertz CT molecular complexity index is 319. The highest BCUT2D eigenvalue weighted by atomic mass is 16.5. The van der Waals surface area contributed by atoms with E-state index in [1.807, 2.05) is 0 Å². The van der Waals surface area contributed by atoms with E-state index in [1.165, 1.54) is 0 Å². The predicted octanol–water partition coefficient (Wildman–Crippen LogP) is 0.324. The highest BCUT2D eigenvalue weighted by Crippen LogP contribution is 2.13. The summed E-state index contributed by atoms with van der Waals surface area (Å²) in [5.74, 6) is -1.22. The van der Waals surface area contributed by atoms with Gasteiger partial charge in [0.05, 0.1) is 13.2 Å². The molecule has 110 valence electrons. The second-order valence-electron chi connectivity index (χ2n) is 5.86. The molecule has 0 aromatic heterocycles. The van der Waals surface area contributed by atoms with Crippen LogP contribution in [0.3, 0.4) is 0 Å². The Morgan fingerprint density at radius 2 is 1.89 bits per heavy atom. The lowest BCUT2D eigenvalue weighted by molar-refractivity contribution is -0.143. The third kappa shape index (κ3) is 5.57. The summed E-state index contributed by atoms with van der Waals surface area (Å²) >= 11 is 0. The van der Waals surface area contributed by atoms with Crippen molar-refractivity contribution in [1.82, 2.24) is 10.2 Å². The van der Waals surface area contributed by atoms with Gasteiger partial charge in [-0.15, -0.1) is 0 Å². The average Bonchev–Trinajstić information content (AvgIpc) is 2.33. The van der Waals surface area contributed by atoms with Crippen LogP contribution in [0.25, 0.3) is 0 Å². The number of morpholine rings is 1. The van der Waals surface area contributed by atoms with Crippen LogP contribution < -0.4 is 5.32 Å². The van der Waals surface area contributed by atoms with Crippen molar-refractivity contribution >= 4 is 11.9 Å². The first-order valence-electron chi connectivity index (χ1n) is 6.64. The van der Waals surface area contributed by atoms with E-state index in [0.29, 0.717) is 26.2 Å². The molecule has 1 atom stereocenters. The number of hydrogen-bond donors (Lipinski definition) is 2. The van der Waals surface area contributed by atoms with Crippen LogP contribution in [-0.4, -0.2) is 60.8 Å². The summed E-state index contributed by atoms with van der Waals surface area (Å²) in [4.78, 5) is 25.2. The Morgan fingerprint density at radius 3 is 2.37 bits per heavy atom. The van der Waals surface area contributed by atoms with Crippen molar-refractivity contribution in [1.29, 1.82) is 0 Å². The van der Waals surface area contributed by atoms with Gasteiger partial charge in [0, 0.05) is 25.0 Å². The molecule has 2 N–H and O–H groups in total. The van der Waals surface area contributed by atoms with E-state index in [0.717, 1.165) is 13.1 Å². The molecule has 1 aliphatic rings. The summed E-state index contributed by atoms with van der Waals surface area (Å²) < 4.78 is 5.24. The fourth-order valence-corrected chi connectivity index (χ4v) is 1.77. The molecule has 0 bridgehead atoms. The van der Waals surface area contributed by atoms with Crippen molar-refractivity contribution in [3.05, 3.63) is 0 Å². The normalized spacial score (nSPS) is 18.9. The maximum Gasteiger partial charge on any atom is 0.326 e. The molecule has 1 aliphatic heterocycles. The average molecular weight is 272 g/mol. The van der Waals surface area contributed by atoms with Crippen molar-refractivity contribution < 1.29 is 19.4 Å². The largest absolute Gasteiger partial charge is 0.480 e. The van der Waals surface area contributed by atoms with Crippen molar-refractivity contribution in [3.63, 3.8) is 0 Å². The van der Waals surface area contributed by atoms with Crippen LogP contribution in [0.5, 0.6) is 0 Å². The van der Waals surface area contributed by atoms with E-state index in [-0.39, 0.29) is 5.91 Å². The van der Waals surface area contributed by atoms with E-state index in [2.05, 4.69) is 10.2 Å². The zero-order chi connectivity index (χ0) is 14.5. The molecule has 19 heavy (non-hydrogen) atoms. The van der Waals surface area contributed by atoms with Gasteiger partial charge in [0.1, 0.15) is 6.04 Å². The van der Waals surface area contributed by atoms with Gasteiger partial charge in [-0.1, -0.05) is 20.8 Å². The summed E-state index contributed by atoms with van der Waals surface area (Å²) in [5.41, 5.74) is -0.577. The standard InChI is InChI=1S/C13H24N2O4/c1-13(2,3)12(18)14-10(11(16)17)4-5-15-6-8-19-9-7-15/h10H,4-9H2,1-3H3,(H,14,18)(H,16,17). The smallest absolute Gasteiger partial charge is 0.326 e. The molecule has 0 spiro atoms. The van der Waals surface area contributed by atoms with Gasteiger partial charge in [-0.25, -0.2) is 4.79 Å². The second-order valence-corrected chi connectivity index (χ2v) is 5.86. The molecular weight excluding hydrogens is 248 g/mol. The van der Waals surface area contributed by atoms with Crippen LogP contribution in [0.15, 0.2) is 0 Å². The molecule has 1 unspecified atom stereocenters. The fraction of sp³-hybridized carbons (Fsp3) is 0.846. The lowest BCUT2D eigenvalue weighted by Crippen LogP contribution is -2.48. The first-order chi connectivity index (χ1) is 8.80. The van der Waals surface area contributed by atoms with Crippen molar-refractivity contribution in [3.8, 4) is 0 Å². The van der Waals surface area contributed by atoms with E-state index in [9.17, 15) is 9.59 Å². The molecule has 6 heteroatoms. The molecule has 0 aromatic rings. The predicted molar refractivity (Wildman–Crippen MR) is 70.9 cm³/mol.